The van der Waals surface area contributed by atoms with Crippen LogP contribution in [0.4, 0.5) is 22.0 Å². The number of benzene rings is 2. The maximum absolute atomic E-state index is 14.8. The first-order chi connectivity index (χ1) is 17.0. The minimum atomic E-state index is -4.71. The molecule has 1 fully saturated rings. The summed E-state index contributed by atoms with van der Waals surface area (Å²) in [5, 5.41) is 12.4. The Hall–Kier alpha value is -3.86. The van der Waals surface area contributed by atoms with Crippen LogP contribution in [0.5, 0.6) is 0 Å². The Labute approximate surface area is 203 Å². The number of hydrogen-bond acceptors (Lipinski definition) is 4. The predicted octanol–water partition coefficient (Wildman–Crippen LogP) is 6.01. The van der Waals surface area contributed by atoms with Gasteiger partial charge in [-0.1, -0.05) is 17.7 Å². The molecule has 0 bridgehead atoms. The lowest BCUT2D eigenvalue weighted by molar-refractivity contribution is -0.160. The molecule has 0 aliphatic heterocycles. The summed E-state index contributed by atoms with van der Waals surface area (Å²) in [5.74, 6) is -4.59. The predicted molar refractivity (Wildman–Crippen MR) is 118 cm³/mol. The number of carbonyl (C=O) groups is 2. The summed E-state index contributed by atoms with van der Waals surface area (Å²) in [5.41, 5.74) is -4.21. The Morgan fingerprint density at radius 3 is 2.39 bits per heavy atom. The highest BCUT2D eigenvalue weighted by Gasteiger charge is 2.65. The number of aromatic carboxylic acids is 1. The normalized spacial score (nSPS) is 14.7. The van der Waals surface area contributed by atoms with Crippen molar-refractivity contribution in [2.75, 3.05) is 0 Å². The van der Waals surface area contributed by atoms with E-state index < -0.39 is 51.3 Å². The fraction of sp³-hybridized carbons (Fsp3) is 0.167. The van der Waals surface area contributed by atoms with Crippen LogP contribution in [0.15, 0.2) is 48.7 Å². The summed E-state index contributed by atoms with van der Waals surface area (Å²) >= 11 is 6.04. The van der Waals surface area contributed by atoms with E-state index in [4.69, 9.17) is 16.7 Å². The average molecular weight is 522 g/mol. The third-order valence-corrected chi connectivity index (χ3v) is 6.59. The van der Waals surface area contributed by atoms with E-state index in [2.05, 4.69) is 10.1 Å². The average Bonchev–Trinajstić information content (AvgIpc) is 3.56. The Morgan fingerprint density at radius 2 is 1.78 bits per heavy atom. The molecule has 5 rings (SSSR count). The fourth-order valence-corrected chi connectivity index (χ4v) is 4.47. The van der Waals surface area contributed by atoms with E-state index >= 15 is 0 Å². The molecule has 36 heavy (non-hydrogen) atoms. The van der Waals surface area contributed by atoms with Crippen molar-refractivity contribution in [1.82, 2.24) is 14.8 Å². The molecule has 6 nitrogen and oxygen atoms in total. The number of carboxylic acid groups (broad SMARTS) is 1. The van der Waals surface area contributed by atoms with Gasteiger partial charge in [0.2, 0.25) is 0 Å². The number of rotatable bonds is 4. The molecule has 1 saturated carbocycles. The highest BCUT2D eigenvalue weighted by Crippen LogP contribution is 2.60. The van der Waals surface area contributed by atoms with Crippen molar-refractivity contribution in [3.8, 4) is 11.3 Å². The van der Waals surface area contributed by atoms with Gasteiger partial charge in [-0.25, -0.2) is 13.6 Å². The van der Waals surface area contributed by atoms with Gasteiger partial charge in [-0.15, -0.1) is 0 Å². The quantitative estimate of drug-likeness (QED) is 0.332. The molecule has 1 aliphatic carbocycles. The van der Waals surface area contributed by atoms with E-state index in [1.165, 1.54) is 18.3 Å². The van der Waals surface area contributed by atoms with Crippen LogP contribution >= 0.6 is 11.6 Å². The van der Waals surface area contributed by atoms with Crippen LogP contribution in [-0.4, -0.2) is 37.9 Å². The zero-order valence-corrected chi connectivity index (χ0v) is 18.7. The molecule has 2 heterocycles. The fourth-order valence-electron chi connectivity index (χ4n) is 4.22. The monoisotopic (exact) mass is 521 g/mol. The number of carboxylic acids is 1. The molecule has 12 heteroatoms. The number of pyridine rings is 1. The van der Waals surface area contributed by atoms with Gasteiger partial charge in [0.15, 0.2) is 0 Å². The lowest BCUT2D eigenvalue weighted by Gasteiger charge is -2.23. The summed E-state index contributed by atoms with van der Waals surface area (Å²) in [6.07, 6.45) is -3.98. The van der Waals surface area contributed by atoms with Gasteiger partial charge in [0.25, 0.3) is 5.91 Å². The van der Waals surface area contributed by atoms with Gasteiger partial charge in [0, 0.05) is 11.8 Å². The second-order valence-corrected chi connectivity index (χ2v) is 8.68. The zero-order valence-electron chi connectivity index (χ0n) is 17.9. The van der Waals surface area contributed by atoms with Crippen molar-refractivity contribution in [1.29, 1.82) is 0 Å². The maximum Gasteiger partial charge on any atom is 0.398 e. The van der Waals surface area contributed by atoms with Gasteiger partial charge < -0.3 is 5.11 Å². The van der Waals surface area contributed by atoms with E-state index in [-0.39, 0.29) is 40.7 Å². The van der Waals surface area contributed by atoms with Crippen molar-refractivity contribution in [2.24, 2.45) is 0 Å². The van der Waals surface area contributed by atoms with Crippen LogP contribution in [0.3, 0.4) is 0 Å². The van der Waals surface area contributed by atoms with Gasteiger partial charge in [-0.05, 0) is 54.8 Å². The lowest BCUT2D eigenvalue weighted by Crippen LogP contribution is -2.31. The standard InChI is InChI=1S/C24H13ClF5N3O3/c25-18-14(26)6-5-13(23(7-8-23)24(28,29)30)17(18)21(34)33-16-2-1-9-31-20(16)19(32-33)12-4-3-11(22(35)36)10-15(12)27/h1-6,9-10H,7-8H2,(H,35,36). The van der Waals surface area contributed by atoms with Gasteiger partial charge in [-0.3, -0.25) is 9.78 Å². The molecule has 0 spiro atoms. The zero-order chi connectivity index (χ0) is 26.0. The van der Waals surface area contributed by atoms with E-state index in [9.17, 15) is 31.5 Å². The molecule has 4 aromatic rings. The van der Waals surface area contributed by atoms with Crippen molar-refractivity contribution >= 4 is 34.5 Å². The number of carbonyl (C=O) groups excluding carboxylic acids is 1. The smallest absolute Gasteiger partial charge is 0.398 e. The van der Waals surface area contributed by atoms with E-state index in [1.54, 1.807) is 0 Å². The number of alkyl halides is 3. The highest BCUT2D eigenvalue weighted by molar-refractivity contribution is 6.34. The third-order valence-electron chi connectivity index (χ3n) is 6.22. The third kappa shape index (κ3) is 3.53. The number of halogens is 6. The van der Waals surface area contributed by atoms with Gasteiger partial charge >= 0.3 is 12.1 Å². The topological polar surface area (TPSA) is 85.1 Å². The van der Waals surface area contributed by atoms with Gasteiger partial charge in [0.05, 0.1) is 27.1 Å². The first-order valence-electron chi connectivity index (χ1n) is 10.4. The Bertz CT molecular complexity index is 1580. The summed E-state index contributed by atoms with van der Waals surface area (Å²) in [4.78, 5) is 28.9. The lowest BCUT2D eigenvalue weighted by atomic mass is 9.90. The van der Waals surface area contributed by atoms with Crippen molar-refractivity contribution in [3.63, 3.8) is 0 Å². The molecule has 184 valence electrons. The van der Waals surface area contributed by atoms with Crippen molar-refractivity contribution < 1.29 is 36.6 Å². The molecule has 1 N–H and O–H groups in total. The molecule has 0 unspecified atom stereocenters. The summed E-state index contributed by atoms with van der Waals surface area (Å²) in [7, 11) is 0. The number of aromatic nitrogens is 3. The highest BCUT2D eigenvalue weighted by atomic mass is 35.5. The number of fused-ring (bicyclic) bond motifs is 1. The van der Waals surface area contributed by atoms with Crippen LogP contribution in [-0.2, 0) is 5.41 Å². The molecule has 0 saturated heterocycles. The van der Waals surface area contributed by atoms with E-state index in [1.807, 2.05) is 0 Å². The van der Waals surface area contributed by atoms with Crippen LogP contribution in [0.25, 0.3) is 22.3 Å². The van der Waals surface area contributed by atoms with E-state index in [0.29, 0.717) is 4.68 Å². The minimum absolute atomic E-state index is 0.00217. The van der Waals surface area contributed by atoms with Gasteiger partial charge in [-0.2, -0.15) is 23.0 Å². The summed E-state index contributed by atoms with van der Waals surface area (Å²) in [6, 6.07) is 7.48. The van der Waals surface area contributed by atoms with E-state index in [0.717, 1.165) is 30.3 Å². The molecular weight excluding hydrogens is 509 g/mol. The molecular formula is C24H13ClF5N3O3. The Kier molecular flexibility index (Phi) is 5.36. The SMILES string of the molecule is O=C(O)c1ccc(-c2nn(C(=O)c3c(C4(C(F)(F)F)CC4)ccc(F)c3Cl)c3cccnc23)c(F)c1. The molecule has 0 amide bonds. The van der Waals surface area contributed by atoms with Crippen LogP contribution < -0.4 is 0 Å². The molecule has 2 aromatic heterocycles. The number of nitrogens with zero attached hydrogens (tertiary/aromatic N) is 3. The second-order valence-electron chi connectivity index (χ2n) is 8.30. The Morgan fingerprint density at radius 1 is 1.06 bits per heavy atom. The molecule has 0 atom stereocenters. The van der Waals surface area contributed by atoms with Crippen LogP contribution in [0, 0.1) is 11.6 Å². The minimum Gasteiger partial charge on any atom is -0.478 e. The summed E-state index contributed by atoms with van der Waals surface area (Å²) in [6.45, 7) is 0. The first-order valence-corrected chi connectivity index (χ1v) is 10.8. The number of hydrogen-bond donors (Lipinski definition) is 1. The molecule has 1 aliphatic rings. The summed E-state index contributed by atoms with van der Waals surface area (Å²) < 4.78 is 71.6. The van der Waals surface area contributed by atoms with Crippen LogP contribution in [0.1, 0.15) is 39.1 Å². The molecule has 2 aromatic carbocycles. The molecule has 0 radical (unpaired) electrons. The van der Waals surface area contributed by atoms with Gasteiger partial charge in [0.1, 0.15) is 22.8 Å². The Balaban J connectivity index is 1.73. The largest absolute Gasteiger partial charge is 0.478 e. The van der Waals surface area contributed by atoms with Crippen LogP contribution in [0.2, 0.25) is 5.02 Å². The van der Waals surface area contributed by atoms with Crippen molar-refractivity contribution in [2.45, 2.75) is 24.4 Å². The van der Waals surface area contributed by atoms with Crippen molar-refractivity contribution in [3.05, 3.63) is 82.0 Å². The first kappa shape index (κ1) is 23.9. The second kappa shape index (κ2) is 8.09. The maximum atomic E-state index is 14.8.